The van der Waals surface area contributed by atoms with Crippen molar-refractivity contribution in [2.75, 3.05) is 15.9 Å². The summed E-state index contributed by atoms with van der Waals surface area (Å²) >= 11 is 0. The van der Waals surface area contributed by atoms with Gasteiger partial charge in [-0.25, -0.2) is 23.4 Å². The molecule has 162 valence electrons. The molecule has 11 heteroatoms. The molecule has 10 nitrogen and oxygen atoms in total. The topological polar surface area (TPSA) is 119 Å². The summed E-state index contributed by atoms with van der Waals surface area (Å²) in [5.74, 6) is 2.54. The maximum atomic E-state index is 11.6. The van der Waals surface area contributed by atoms with Crippen LogP contribution in [0, 0.1) is 0 Å². The van der Waals surface area contributed by atoms with E-state index in [1.54, 1.807) is 30.9 Å². The smallest absolute Gasteiger partial charge is 0.230 e. The Kier molecular flexibility index (Phi) is 4.84. The van der Waals surface area contributed by atoms with E-state index in [1.165, 1.54) is 12.8 Å². The van der Waals surface area contributed by atoms with Gasteiger partial charge >= 0.3 is 0 Å². The lowest BCUT2D eigenvalue weighted by Gasteiger charge is -2.40. The summed E-state index contributed by atoms with van der Waals surface area (Å²) in [7, 11) is -3.43. The van der Waals surface area contributed by atoms with Gasteiger partial charge in [0.1, 0.15) is 17.8 Å². The van der Waals surface area contributed by atoms with Crippen molar-refractivity contribution < 1.29 is 8.42 Å². The molecule has 1 fully saturated rings. The summed E-state index contributed by atoms with van der Waals surface area (Å²) in [6.45, 7) is 2.16. The molecule has 1 N–H and O–H groups in total. The first-order valence-corrected chi connectivity index (χ1v) is 12.3. The lowest BCUT2D eigenvalue weighted by molar-refractivity contribution is 0.469. The molecule has 0 saturated heterocycles. The third-order valence-electron chi connectivity index (χ3n) is 5.87. The van der Waals surface area contributed by atoms with Gasteiger partial charge in [0.2, 0.25) is 10.0 Å². The van der Waals surface area contributed by atoms with E-state index in [2.05, 4.69) is 36.7 Å². The van der Waals surface area contributed by atoms with Crippen LogP contribution < -0.4 is 9.62 Å². The van der Waals surface area contributed by atoms with Crippen molar-refractivity contribution in [1.29, 1.82) is 0 Å². The zero-order valence-electron chi connectivity index (χ0n) is 17.4. The number of anilines is 2. The fourth-order valence-electron chi connectivity index (χ4n) is 4.60. The van der Waals surface area contributed by atoms with Gasteiger partial charge in [0.05, 0.1) is 18.5 Å². The first kappa shape index (κ1) is 19.9. The third kappa shape index (κ3) is 3.62. The van der Waals surface area contributed by atoms with E-state index >= 15 is 0 Å². The molecule has 2 aliphatic rings. The average Bonchev–Trinajstić information content (AvgIpc) is 3.43. The Labute approximate surface area is 180 Å². The Morgan fingerprint density at radius 2 is 2.03 bits per heavy atom. The van der Waals surface area contributed by atoms with Crippen molar-refractivity contribution in [3.05, 3.63) is 36.7 Å². The SMILES string of the molecule is CC[C@@H]1c2nncn2-c2cnc(-c3ccnc(NS(C)(=O)=O)c3)nc2N1C1CCCC1. The first-order chi connectivity index (χ1) is 14.9. The normalized spacial score (nSPS) is 18.6. The van der Waals surface area contributed by atoms with Gasteiger partial charge in [-0.2, -0.15) is 0 Å². The molecule has 3 aromatic rings. The van der Waals surface area contributed by atoms with Gasteiger partial charge in [0.15, 0.2) is 17.5 Å². The molecule has 1 saturated carbocycles. The van der Waals surface area contributed by atoms with E-state index in [9.17, 15) is 8.42 Å². The van der Waals surface area contributed by atoms with Crippen molar-refractivity contribution in [2.45, 2.75) is 51.1 Å². The molecule has 0 bridgehead atoms. The van der Waals surface area contributed by atoms with Crippen LogP contribution in [-0.2, 0) is 10.0 Å². The number of nitrogens with zero attached hydrogens (tertiary/aromatic N) is 7. The monoisotopic (exact) mass is 440 g/mol. The summed E-state index contributed by atoms with van der Waals surface area (Å²) in [5, 5.41) is 8.54. The lowest BCUT2D eigenvalue weighted by atomic mass is 10.0. The van der Waals surface area contributed by atoms with Gasteiger partial charge < -0.3 is 4.90 Å². The predicted molar refractivity (Wildman–Crippen MR) is 116 cm³/mol. The van der Waals surface area contributed by atoms with Gasteiger partial charge in [-0.15, -0.1) is 10.2 Å². The lowest BCUT2D eigenvalue weighted by Crippen LogP contribution is -2.42. The molecule has 3 aromatic heterocycles. The average molecular weight is 441 g/mol. The van der Waals surface area contributed by atoms with E-state index in [0.717, 1.165) is 42.8 Å². The number of hydrogen-bond donors (Lipinski definition) is 1. The summed E-state index contributed by atoms with van der Waals surface area (Å²) in [5.41, 5.74) is 1.56. The number of aromatic nitrogens is 6. The summed E-state index contributed by atoms with van der Waals surface area (Å²) in [4.78, 5) is 16.0. The summed E-state index contributed by atoms with van der Waals surface area (Å²) in [6.07, 6.45) is 11.7. The standard InChI is InChI=1S/C20H24N8O2S/c1-3-15-20-25-23-12-27(20)16-11-22-18(24-19(16)28(15)14-6-4-5-7-14)13-8-9-21-17(10-13)26-31(2,29)30/h8-12,14-15H,3-7H2,1-2H3,(H,21,26)/t15-/m1/s1. The number of rotatable bonds is 5. The Morgan fingerprint density at radius 3 is 2.77 bits per heavy atom. The Hall–Kier alpha value is -3.08. The first-order valence-electron chi connectivity index (χ1n) is 10.4. The van der Waals surface area contributed by atoms with E-state index in [-0.39, 0.29) is 11.9 Å². The Morgan fingerprint density at radius 1 is 1.23 bits per heavy atom. The summed E-state index contributed by atoms with van der Waals surface area (Å²) < 4.78 is 27.6. The molecule has 1 atom stereocenters. The second-order valence-electron chi connectivity index (χ2n) is 8.04. The highest BCUT2D eigenvalue weighted by Gasteiger charge is 2.38. The van der Waals surface area contributed by atoms with Crippen LogP contribution in [0.2, 0.25) is 0 Å². The van der Waals surface area contributed by atoms with E-state index in [0.29, 0.717) is 17.4 Å². The van der Waals surface area contributed by atoms with Crippen molar-refractivity contribution in [2.24, 2.45) is 0 Å². The zero-order chi connectivity index (χ0) is 21.6. The van der Waals surface area contributed by atoms with Crippen LogP contribution in [0.4, 0.5) is 11.6 Å². The number of pyridine rings is 1. The van der Waals surface area contributed by atoms with Crippen molar-refractivity contribution in [3.8, 4) is 17.1 Å². The van der Waals surface area contributed by atoms with Gasteiger partial charge in [0, 0.05) is 17.8 Å². The molecule has 4 heterocycles. The second-order valence-corrected chi connectivity index (χ2v) is 9.78. The van der Waals surface area contributed by atoms with E-state index in [1.807, 2.05) is 4.57 Å². The molecule has 1 aliphatic heterocycles. The highest BCUT2D eigenvalue weighted by molar-refractivity contribution is 7.92. The van der Waals surface area contributed by atoms with Crippen LogP contribution in [0.25, 0.3) is 17.1 Å². The van der Waals surface area contributed by atoms with Crippen LogP contribution in [0.1, 0.15) is 50.9 Å². The van der Waals surface area contributed by atoms with Crippen molar-refractivity contribution in [3.63, 3.8) is 0 Å². The Balaban J connectivity index is 1.62. The molecule has 1 aliphatic carbocycles. The van der Waals surface area contributed by atoms with Crippen LogP contribution in [0.5, 0.6) is 0 Å². The molecule has 0 unspecified atom stereocenters. The molecule has 0 amide bonds. The fraction of sp³-hybridized carbons (Fsp3) is 0.450. The van der Waals surface area contributed by atoms with Crippen LogP contribution in [-0.4, -0.2) is 50.4 Å². The molecule has 5 rings (SSSR count). The van der Waals surface area contributed by atoms with E-state index in [4.69, 9.17) is 4.98 Å². The zero-order valence-corrected chi connectivity index (χ0v) is 18.2. The van der Waals surface area contributed by atoms with Crippen molar-refractivity contribution >= 4 is 21.7 Å². The van der Waals surface area contributed by atoms with Gasteiger partial charge in [-0.3, -0.25) is 9.29 Å². The molecule has 0 radical (unpaired) electrons. The highest BCUT2D eigenvalue weighted by atomic mass is 32.2. The molecular weight excluding hydrogens is 416 g/mol. The fourth-order valence-corrected chi connectivity index (χ4v) is 5.09. The van der Waals surface area contributed by atoms with Gasteiger partial charge in [-0.1, -0.05) is 19.8 Å². The predicted octanol–water partition coefficient (Wildman–Crippen LogP) is 2.70. The molecular formula is C20H24N8O2S. The Bertz CT molecular complexity index is 1220. The molecule has 0 spiro atoms. The maximum Gasteiger partial charge on any atom is 0.230 e. The summed E-state index contributed by atoms with van der Waals surface area (Å²) in [6, 6.07) is 3.92. The van der Waals surface area contributed by atoms with Crippen LogP contribution >= 0.6 is 0 Å². The van der Waals surface area contributed by atoms with Crippen LogP contribution in [0.15, 0.2) is 30.9 Å². The van der Waals surface area contributed by atoms with Crippen LogP contribution in [0.3, 0.4) is 0 Å². The van der Waals surface area contributed by atoms with Gasteiger partial charge in [-0.05, 0) is 31.4 Å². The minimum atomic E-state index is -3.43. The quantitative estimate of drug-likeness (QED) is 0.643. The number of hydrogen-bond acceptors (Lipinski definition) is 8. The molecule has 0 aromatic carbocycles. The number of sulfonamides is 1. The van der Waals surface area contributed by atoms with Crippen molar-refractivity contribution in [1.82, 2.24) is 29.7 Å². The third-order valence-corrected chi connectivity index (χ3v) is 6.45. The minimum absolute atomic E-state index is 0.0979. The number of fused-ring (bicyclic) bond motifs is 3. The minimum Gasteiger partial charge on any atom is -0.342 e. The molecule has 31 heavy (non-hydrogen) atoms. The highest BCUT2D eigenvalue weighted by Crippen LogP contribution is 2.42. The number of nitrogens with one attached hydrogen (secondary N) is 1. The maximum absolute atomic E-state index is 11.6. The largest absolute Gasteiger partial charge is 0.342 e. The second kappa shape index (κ2) is 7.56. The van der Waals surface area contributed by atoms with Gasteiger partial charge in [0.25, 0.3) is 0 Å². The van der Waals surface area contributed by atoms with E-state index < -0.39 is 10.0 Å².